The van der Waals surface area contributed by atoms with Crippen LogP contribution >= 0.6 is 0 Å². The van der Waals surface area contributed by atoms with Gasteiger partial charge in [0.15, 0.2) is 0 Å². The Kier molecular flexibility index (Phi) is 4.15. The van der Waals surface area contributed by atoms with E-state index in [9.17, 15) is 9.18 Å². The van der Waals surface area contributed by atoms with E-state index >= 15 is 0 Å². The second-order valence-electron chi connectivity index (χ2n) is 5.77. The molecular formula is C19H19FN2O. The summed E-state index contributed by atoms with van der Waals surface area (Å²) in [7, 11) is 0. The lowest BCUT2D eigenvalue weighted by Gasteiger charge is -2.06. The number of carbonyl (C=O) groups is 1. The fourth-order valence-electron chi connectivity index (χ4n) is 2.68. The molecule has 4 heteroatoms. The number of aromatic nitrogens is 1. The van der Waals surface area contributed by atoms with Crippen LogP contribution in [0.2, 0.25) is 0 Å². The standard InChI is InChI=1S/C19H19FN2O/c1-12-13(2)22-18-8-5-15(11-17(12)18)19(23)21-10-9-14-3-6-16(20)7-4-14/h3-8,11,22H,9-10H2,1-2H3,(H,21,23). The van der Waals surface area contributed by atoms with Crippen LogP contribution < -0.4 is 5.32 Å². The molecule has 0 radical (unpaired) electrons. The van der Waals surface area contributed by atoms with E-state index in [1.807, 2.05) is 32.0 Å². The maximum absolute atomic E-state index is 12.8. The molecule has 0 aliphatic carbocycles. The number of amides is 1. The molecule has 0 fully saturated rings. The van der Waals surface area contributed by atoms with Gasteiger partial charge in [-0.2, -0.15) is 0 Å². The van der Waals surface area contributed by atoms with Crippen molar-refractivity contribution in [2.75, 3.05) is 6.54 Å². The quantitative estimate of drug-likeness (QED) is 0.754. The smallest absolute Gasteiger partial charge is 0.251 e. The van der Waals surface area contributed by atoms with Gasteiger partial charge in [0.05, 0.1) is 0 Å². The summed E-state index contributed by atoms with van der Waals surface area (Å²) in [4.78, 5) is 15.6. The molecule has 2 N–H and O–H groups in total. The molecule has 1 aromatic heterocycles. The van der Waals surface area contributed by atoms with Crippen LogP contribution in [-0.2, 0) is 6.42 Å². The number of halogens is 1. The van der Waals surface area contributed by atoms with E-state index in [2.05, 4.69) is 10.3 Å². The van der Waals surface area contributed by atoms with Crippen molar-refractivity contribution in [2.45, 2.75) is 20.3 Å². The molecule has 0 unspecified atom stereocenters. The van der Waals surface area contributed by atoms with Crippen LogP contribution in [0.3, 0.4) is 0 Å². The summed E-state index contributed by atoms with van der Waals surface area (Å²) in [6.45, 7) is 4.59. The lowest BCUT2D eigenvalue weighted by atomic mass is 10.1. The number of rotatable bonds is 4. The second kappa shape index (κ2) is 6.24. The minimum Gasteiger partial charge on any atom is -0.358 e. The summed E-state index contributed by atoms with van der Waals surface area (Å²) < 4.78 is 12.8. The van der Waals surface area contributed by atoms with Gasteiger partial charge in [-0.05, 0) is 61.7 Å². The average molecular weight is 310 g/mol. The summed E-state index contributed by atoms with van der Waals surface area (Å²) in [5.41, 5.74) is 4.98. The Morgan fingerprint density at radius 1 is 1.13 bits per heavy atom. The predicted octanol–water partition coefficient (Wildman–Crippen LogP) is 3.90. The molecule has 0 aliphatic heterocycles. The number of aryl methyl sites for hydroxylation is 2. The SMILES string of the molecule is Cc1[nH]c2ccc(C(=O)NCCc3ccc(F)cc3)cc2c1C. The highest BCUT2D eigenvalue weighted by molar-refractivity contribution is 5.99. The van der Waals surface area contributed by atoms with Crippen LogP contribution in [0.15, 0.2) is 42.5 Å². The van der Waals surface area contributed by atoms with E-state index < -0.39 is 0 Å². The largest absolute Gasteiger partial charge is 0.358 e. The van der Waals surface area contributed by atoms with Gasteiger partial charge < -0.3 is 10.3 Å². The van der Waals surface area contributed by atoms with E-state index in [0.717, 1.165) is 22.2 Å². The van der Waals surface area contributed by atoms with Crippen molar-refractivity contribution in [3.05, 3.63) is 70.7 Å². The van der Waals surface area contributed by atoms with Crippen molar-refractivity contribution >= 4 is 16.8 Å². The van der Waals surface area contributed by atoms with Crippen molar-refractivity contribution in [1.82, 2.24) is 10.3 Å². The molecule has 0 saturated heterocycles. The highest BCUT2D eigenvalue weighted by atomic mass is 19.1. The Morgan fingerprint density at radius 2 is 1.87 bits per heavy atom. The number of fused-ring (bicyclic) bond motifs is 1. The number of aromatic amines is 1. The van der Waals surface area contributed by atoms with Crippen LogP contribution in [-0.4, -0.2) is 17.4 Å². The Bertz CT molecular complexity index is 850. The van der Waals surface area contributed by atoms with Crippen LogP contribution in [0.4, 0.5) is 4.39 Å². The summed E-state index contributed by atoms with van der Waals surface area (Å²) in [6.07, 6.45) is 0.677. The summed E-state index contributed by atoms with van der Waals surface area (Å²) in [6, 6.07) is 12.0. The third-order valence-corrected chi connectivity index (χ3v) is 4.18. The van der Waals surface area contributed by atoms with E-state index in [1.54, 1.807) is 12.1 Å². The zero-order chi connectivity index (χ0) is 16.4. The van der Waals surface area contributed by atoms with Gasteiger partial charge in [0.2, 0.25) is 0 Å². The van der Waals surface area contributed by atoms with E-state index in [4.69, 9.17) is 0 Å². The number of H-pyrrole nitrogens is 1. The lowest BCUT2D eigenvalue weighted by molar-refractivity contribution is 0.0954. The van der Waals surface area contributed by atoms with Crippen LogP contribution in [0.1, 0.15) is 27.2 Å². The molecule has 0 spiro atoms. The minimum atomic E-state index is -0.247. The summed E-state index contributed by atoms with van der Waals surface area (Å²) in [5.74, 6) is -0.337. The molecule has 1 amide bonds. The topological polar surface area (TPSA) is 44.9 Å². The van der Waals surface area contributed by atoms with Gasteiger partial charge in [0.1, 0.15) is 5.82 Å². The van der Waals surface area contributed by atoms with Gasteiger partial charge >= 0.3 is 0 Å². The fourth-order valence-corrected chi connectivity index (χ4v) is 2.68. The molecule has 2 aromatic carbocycles. The first-order valence-electron chi connectivity index (χ1n) is 7.66. The van der Waals surface area contributed by atoms with Gasteiger partial charge in [-0.3, -0.25) is 4.79 Å². The summed E-state index contributed by atoms with van der Waals surface area (Å²) in [5, 5.41) is 3.99. The molecule has 23 heavy (non-hydrogen) atoms. The van der Waals surface area contributed by atoms with Crippen molar-refractivity contribution < 1.29 is 9.18 Å². The Labute approximate surface area is 134 Å². The maximum Gasteiger partial charge on any atom is 0.251 e. The van der Waals surface area contributed by atoms with E-state index in [0.29, 0.717) is 18.5 Å². The van der Waals surface area contributed by atoms with Crippen molar-refractivity contribution in [3.63, 3.8) is 0 Å². The fraction of sp³-hybridized carbons (Fsp3) is 0.211. The van der Waals surface area contributed by atoms with Gasteiger partial charge in [-0.25, -0.2) is 4.39 Å². The highest BCUT2D eigenvalue weighted by Gasteiger charge is 2.09. The van der Waals surface area contributed by atoms with Gasteiger partial charge in [-0.15, -0.1) is 0 Å². The molecular weight excluding hydrogens is 291 g/mol. The Hall–Kier alpha value is -2.62. The predicted molar refractivity (Wildman–Crippen MR) is 90.2 cm³/mol. The molecule has 0 aliphatic rings. The number of benzene rings is 2. The third-order valence-electron chi connectivity index (χ3n) is 4.18. The average Bonchev–Trinajstić information content (AvgIpc) is 2.83. The zero-order valence-corrected chi connectivity index (χ0v) is 13.2. The second-order valence-corrected chi connectivity index (χ2v) is 5.77. The molecule has 3 nitrogen and oxygen atoms in total. The monoisotopic (exact) mass is 310 g/mol. The molecule has 118 valence electrons. The Balaban J connectivity index is 1.66. The number of carbonyl (C=O) groups excluding carboxylic acids is 1. The van der Waals surface area contributed by atoms with Crippen LogP contribution in [0.25, 0.3) is 10.9 Å². The molecule has 0 atom stereocenters. The first-order valence-corrected chi connectivity index (χ1v) is 7.66. The van der Waals surface area contributed by atoms with Gasteiger partial charge in [0, 0.05) is 28.7 Å². The van der Waals surface area contributed by atoms with Crippen molar-refractivity contribution in [1.29, 1.82) is 0 Å². The lowest BCUT2D eigenvalue weighted by Crippen LogP contribution is -2.25. The number of hydrogen-bond donors (Lipinski definition) is 2. The maximum atomic E-state index is 12.8. The van der Waals surface area contributed by atoms with Gasteiger partial charge in [0.25, 0.3) is 5.91 Å². The molecule has 0 bridgehead atoms. The number of nitrogens with one attached hydrogen (secondary N) is 2. The summed E-state index contributed by atoms with van der Waals surface area (Å²) >= 11 is 0. The third kappa shape index (κ3) is 3.26. The number of hydrogen-bond acceptors (Lipinski definition) is 1. The van der Waals surface area contributed by atoms with Crippen LogP contribution in [0, 0.1) is 19.7 Å². The normalized spacial score (nSPS) is 10.9. The van der Waals surface area contributed by atoms with Crippen LogP contribution in [0.5, 0.6) is 0 Å². The van der Waals surface area contributed by atoms with Crippen molar-refractivity contribution in [3.8, 4) is 0 Å². The van der Waals surface area contributed by atoms with Gasteiger partial charge in [-0.1, -0.05) is 12.1 Å². The molecule has 0 saturated carbocycles. The van der Waals surface area contributed by atoms with Crippen molar-refractivity contribution in [2.24, 2.45) is 0 Å². The Morgan fingerprint density at radius 3 is 2.61 bits per heavy atom. The minimum absolute atomic E-state index is 0.0905. The first-order chi connectivity index (χ1) is 11.0. The molecule has 3 aromatic rings. The molecule has 1 heterocycles. The zero-order valence-electron chi connectivity index (χ0n) is 13.2. The highest BCUT2D eigenvalue weighted by Crippen LogP contribution is 2.22. The first kappa shape index (κ1) is 15.3. The molecule has 3 rings (SSSR count). The van der Waals surface area contributed by atoms with E-state index in [-0.39, 0.29) is 11.7 Å². The van der Waals surface area contributed by atoms with E-state index in [1.165, 1.54) is 17.7 Å².